The van der Waals surface area contributed by atoms with Gasteiger partial charge in [-0.2, -0.15) is 5.10 Å². The van der Waals surface area contributed by atoms with Crippen LogP contribution in [0, 0.1) is 0 Å². The molecular weight excluding hydrogens is 382 g/mol. The van der Waals surface area contributed by atoms with Gasteiger partial charge < -0.3 is 4.57 Å². The maximum atomic E-state index is 12.1. The lowest BCUT2D eigenvalue weighted by Crippen LogP contribution is -2.17. The predicted octanol–water partition coefficient (Wildman–Crippen LogP) is 3.96. The third kappa shape index (κ3) is 3.89. The van der Waals surface area contributed by atoms with E-state index in [2.05, 4.69) is 25.1 Å². The van der Waals surface area contributed by atoms with Gasteiger partial charge in [0.25, 0.3) is 5.91 Å². The van der Waals surface area contributed by atoms with Gasteiger partial charge in [-0.05, 0) is 18.2 Å². The van der Waals surface area contributed by atoms with E-state index in [0.717, 1.165) is 21.3 Å². The number of rotatable bonds is 5. The van der Waals surface area contributed by atoms with Crippen LogP contribution < -0.4 is 5.43 Å². The normalized spacial score (nSPS) is 11.3. The lowest BCUT2D eigenvalue weighted by atomic mass is 10.2. The zero-order valence-electron chi connectivity index (χ0n) is 14.0. The first-order valence-corrected chi connectivity index (χ1v) is 9.31. The van der Waals surface area contributed by atoms with Crippen molar-refractivity contribution >= 4 is 46.0 Å². The molecule has 8 heteroatoms. The molecule has 0 spiro atoms. The average Bonchev–Trinajstić information content (AvgIpc) is 3.26. The second-order valence-corrected chi connectivity index (χ2v) is 7.44. The number of carbonyl (C=O) groups is 1. The molecule has 0 saturated carbocycles. The summed E-state index contributed by atoms with van der Waals surface area (Å²) in [6, 6.07) is 11.3. The third-order valence-electron chi connectivity index (χ3n) is 3.98. The number of carbonyl (C=O) groups excluding carboxylic acids is 1. The molecule has 6 nitrogen and oxygen atoms in total. The monoisotopic (exact) mass is 395 g/mol. The van der Waals surface area contributed by atoms with Gasteiger partial charge in [-0.3, -0.25) is 9.78 Å². The van der Waals surface area contributed by atoms with Crippen molar-refractivity contribution in [3.8, 4) is 0 Å². The maximum Gasteiger partial charge on any atom is 0.271 e. The topological polar surface area (TPSA) is 72.2 Å². The Labute approximate surface area is 164 Å². The Bertz CT molecular complexity index is 1120. The molecule has 0 atom stereocenters. The Hall–Kier alpha value is -3.03. The minimum absolute atomic E-state index is 0.281. The van der Waals surface area contributed by atoms with Crippen LogP contribution in [0.15, 0.2) is 66.3 Å². The summed E-state index contributed by atoms with van der Waals surface area (Å²) in [6.07, 6.45) is 8.57. The number of aromatic nitrogens is 3. The summed E-state index contributed by atoms with van der Waals surface area (Å²) >= 11 is 7.39. The first-order valence-electron chi connectivity index (χ1n) is 8.12. The van der Waals surface area contributed by atoms with E-state index >= 15 is 0 Å². The van der Waals surface area contributed by atoms with Gasteiger partial charge in [0.15, 0.2) is 4.47 Å². The largest absolute Gasteiger partial charge is 0.341 e. The van der Waals surface area contributed by atoms with Crippen molar-refractivity contribution in [1.82, 2.24) is 20.0 Å². The molecule has 0 aliphatic rings. The second kappa shape index (κ2) is 7.69. The van der Waals surface area contributed by atoms with Crippen LogP contribution in [0.5, 0.6) is 0 Å². The van der Waals surface area contributed by atoms with Crippen molar-refractivity contribution in [1.29, 1.82) is 0 Å². The van der Waals surface area contributed by atoms with E-state index < -0.39 is 0 Å². The van der Waals surface area contributed by atoms with E-state index in [4.69, 9.17) is 11.6 Å². The number of hydrogen-bond acceptors (Lipinski definition) is 5. The molecule has 4 rings (SSSR count). The Kier molecular flexibility index (Phi) is 4.95. The Morgan fingerprint density at radius 3 is 2.85 bits per heavy atom. The van der Waals surface area contributed by atoms with Crippen LogP contribution in [0.2, 0.25) is 4.47 Å². The lowest BCUT2D eigenvalue weighted by molar-refractivity contribution is 0.0955. The number of hydrazone groups is 1. The first-order chi connectivity index (χ1) is 13.2. The van der Waals surface area contributed by atoms with Crippen LogP contribution >= 0.6 is 22.9 Å². The van der Waals surface area contributed by atoms with E-state index in [0.29, 0.717) is 16.6 Å². The summed E-state index contributed by atoms with van der Waals surface area (Å²) in [5, 5.41) is 5.15. The van der Waals surface area contributed by atoms with Gasteiger partial charge in [0.2, 0.25) is 0 Å². The smallest absolute Gasteiger partial charge is 0.271 e. The number of amides is 1. The van der Waals surface area contributed by atoms with Crippen molar-refractivity contribution in [2.75, 3.05) is 0 Å². The van der Waals surface area contributed by atoms with Crippen molar-refractivity contribution in [2.24, 2.45) is 5.10 Å². The van der Waals surface area contributed by atoms with Gasteiger partial charge in [0.1, 0.15) is 0 Å². The number of nitrogens with zero attached hydrogens (tertiary/aromatic N) is 4. The van der Waals surface area contributed by atoms with Crippen LogP contribution in [0.3, 0.4) is 0 Å². The van der Waals surface area contributed by atoms with Crippen molar-refractivity contribution in [3.63, 3.8) is 0 Å². The third-order valence-corrected chi connectivity index (χ3v) is 5.08. The van der Waals surface area contributed by atoms with Crippen LogP contribution in [0.25, 0.3) is 10.9 Å². The van der Waals surface area contributed by atoms with Crippen molar-refractivity contribution < 1.29 is 4.79 Å². The van der Waals surface area contributed by atoms with Crippen LogP contribution in [0.1, 0.15) is 20.8 Å². The Morgan fingerprint density at radius 2 is 2.07 bits per heavy atom. The molecule has 3 aromatic heterocycles. The summed E-state index contributed by atoms with van der Waals surface area (Å²) < 4.78 is 2.65. The number of nitrogens with one attached hydrogen (secondary N) is 1. The molecule has 1 amide bonds. The fourth-order valence-electron chi connectivity index (χ4n) is 2.76. The molecule has 3 heterocycles. The van der Waals surface area contributed by atoms with Gasteiger partial charge in [-0.1, -0.05) is 29.8 Å². The lowest BCUT2D eigenvalue weighted by Gasteiger charge is -2.01. The van der Waals surface area contributed by atoms with Gasteiger partial charge in [0, 0.05) is 51.7 Å². The standard InChI is InChI=1S/C19H14ClN5OS/c20-19-22-10-15(27-19)12-25-11-14(16-3-1-2-4-17(16)25)9-23-24-18(26)13-5-7-21-8-6-13/h1-11H,12H2,(H,24,26)/b23-9+. The SMILES string of the molecule is O=C(N/N=C/c1cn(Cc2cnc(Cl)s2)c2ccccc12)c1ccncc1. The summed E-state index contributed by atoms with van der Waals surface area (Å²) in [5.41, 5.74) is 5.03. The quantitative estimate of drug-likeness (QED) is 0.410. The molecule has 0 unspecified atom stereocenters. The number of halogens is 1. The molecule has 0 bridgehead atoms. The Morgan fingerprint density at radius 1 is 1.26 bits per heavy atom. The van der Waals surface area contributed by atoms with Crippen LogP contribution in [0.4, 0.5) is 0 Å². The van der Waals surface area contributed by atoms with E-state index in [-0.39, 0.29) is 5.91 Å². The highest BCUT2D eigenvalue weighted by molar-refractivity contribution is 7.15. The van der Waals surface area contributed by atoms with Crippen molar-refractivity contribution in [3.05, 3.63) is 81.7 Å². The summed E-state index contributed by atoms with van der Waals surface area (Å²) in [4.78, 5) is 21.1. The van der Waals surface area contributed by atoms with Gasteiger partial charge in [-0.25, -0.2) is 10.4 Å². The summed E-state index contributed by atoms with van der Waals surface area (Å²) in [5.74, 6) is -0.281. The number of para-hydroxylation sites is 1. The van der Waals surface area contributed by atoms with E-state index in [1.54, 1.807) is 36.9 Å². The van der Waals surface area contributed by atoms with E-state index in [1.807, 2.05) is 30.5 Å². The van der Waals surface area contributed by atoms with E-state index in [1.165, 1.54) is 11.3 Å². The molecule has 0 aliphatic heterocycles. The second-order valence-electron chi connectivity index (χ2n) is 5.74. The highest BCUT2D eigenvalue weighted by Crippen LogP contribution is 2.24. The molecule has 27 heavy (non-hydrogen) atoms. The van der Waals surface area contributed by atoms with Gasteiger partial charge >= 0.3 is 0 Å². The molecule has 134 valence electrons. The fourth-order valence-corrected chi connectivity index (χ4v) is 3.74. The molecule has 0 radical (unpaired) electrons. The average molecular weight is 396 g/mol. The predicted molar refractivity (Wildman–Crippen MR) is 107 cm³/mol. The highest BCUT2D eigenvalue weighted by Gasteiger charge is 2.09. The number of fused-ring (bicyclic) bond motifs is 1. The Balaban J connectivity index is 1.57. The number of thiazole rings is 1. The molecule has 1 N–H and O–H groups in total. The van der Waals surface area contributed by atoms with Crippen LogP contribution in [-0.2, 0) is 6.54 Å². The molecule has 0 aliphatic carbocycles. The first kappa shape index (κ1) is 17.4. The zero-order valence-corrected chi connectivity index (χ0v) is 15.6. The number of hydrogen-bond donors (Lipinski definition) is 1. The maximum absolute atomic E-state index is 12.1. The summed E-state index contributed by atoms with van der Waals surface area (Å²) in [6.45, 7) is 0.669. The van der Waals surface area contributed by atoms with Crippen LogP contribution in [-0.4, -0.2) is 26.7 Å². The molecule has 1 aromatic carbocycles. The molecule has 0 fully saturated rings. The molecule has 4 aromatic rings. The summed E-state index contributed by atoms with van der Waals surface area (Å²) in [7, 11) is 0. The number of pyridine rings is 1. The van der Waals surface area contributed by atoms with Gasteiger partial charge in [0.05, 0.1) is 12.8 Å². The molecule has 0 saturated heterocycles. The fraction of sp³-hybridized carbons (Fsp3) is 0.0526. The molecular formula is C19H14ClN5OS. The highest BCUT2D eigenvalue weighted by atomic mass is 35.5. The van der Waals surface area contributed by atoms with Crippen molar-refractivity contribution in [2.45, 2.75) is 6.54 Å². The zero-order chi connectivity index (χ0) is 18.6. The van der Waals surface area contributed by atoms with Gasteiger partial charge in [-0.15, -0.1) is 11.3 Å². The minimum atomic E-state index is -0.281. The number of benzene rings is 1. The van der Waals surface area contributed by atoms with E-state index in [9.17, 15) is 4.79 Å². The minimum Gasteiger partial charge on any atom is -0.341 e.